The van der Waals surface area contributed by atoms with E-state index in [-0.39, 0.29) is 10.8 Å². The van der Waals surface area contributed by atoms with Gasteiger partial charge in [0, 0.05) is 18.8 Å². The van der Waals surface area contributed by atoms with E-state index in [9.17, 15) is 13.2 Å². The predicted molar refractivity (Wildman–Crippen MR) is 93.4 cm³/mol. The summed E-state index contributed by atoms with van der Waals surface area (Å²) in [6, 6.07) is 6.19. The average Bonchev–Trinajstić information content (AvgIpc) is 3.10. The zero-order valence-corrected chi connectivity index (χ0v) is 14.9. The Morgan fingerprint density at radius 1 is 1.21 bits per heavy atom. The summed E-state index contributed by atoms with van der Waals surface area (Å²) in [5, 5.41) is 2.75. The van der Waals surface area contributed by atoms with Crippen molar-refractivity contribution in [1.29, 1.82) is 0 Å². The Morgan fingerprint density at radius 2 is 1.96 bits per heavy atom. The molecule has 1 aliphatic rings. The Morgan fingerprint density at radius 3 is 2.58 bits per heavy atom. The third-order valence-corrected chi connectivity index (χ3v) is 5.45. The zero-order chi connectivity index (χ0) is 17.4. The molecule has 1 amide bonds. The summed E-state index contributed by atoms with van der Waals surface area (Å²) in [5.74, 6) is -0.183. The first-order valence-electron chi connectivity index (χ1n) is 8.55. The summed E-state index contributed by atoms with van der Waals surface area (Å²) in [4.78, 5) is 12.2. The number of hydrogen-bond donors (Lipinski definition) is 2. The first-order valence-corrected chi connectivity index (χ1v) is 10.0. The molecule has 1 heterocycles. The molecule has 1 aromatic carbocycles. The largest absolute Gasteiger partial charge is 0.368 e. The third kappa shape index (κ3) is 5.58. The highest BCUT2D eigenvalue weighted by Crippen LogP contribution is 2.17. The lowest BCUT2D eigenvalue weighted by atomic mass is 10.2. The quantitative estimate of drug-likeness (QED) is 0.668. The normalized spacial score (nSPS) is 17.8. The van der Waals surface area contributed by atoms with Gasteiger partial charge in [-0.15, -0.1) is 0 Å². The molecule has 0 unspecified atom stereocenters. The molecular formula is C17H26N2O4S. The number of amides is 1. The highest BCUT2D eigenvalue weighted by Gasteiger charge is 2.23. The summed E-state index contributed by atoms with van der Waals surface area (Å²) < 4.78 is 32.3. The molecule has 0 spiro atoms. The number of rotatable bonds is 9. The molecule has 1 saturated heterocycles. The van der Waals surface area contributed by atoms with E-state index in [1.54, 1.807) is 12.1 Å². The Balaban J connectivity index is 1.86. The summed E-state index contributed by atoms with van der Waals surface area (Å²) in [7, 11) is -3.50. The van der Waals surface area contributed by atoms with Crippen LogP contribution >= 0.6 is 0 Å². The van der Waals surface area contributed by atoms with Gasteiger partial charge in [0.25, 0.3) is 5.91 Å². The number of anilines is 1. The van der Waals surface area contributed by atoms with E-state index in [0.29, 0.717) is 18.8 Å². The molecule has 0 radical (unpaired) electrons. The van der Waals surface area contributed by atoms with Crippen molar-refractivity contribution in [1.82, 2.24) is 4.72 Å². The Hall–Kier alpha value is -1.44. The molecule has 1 atom stereocenters. The third-order valence-electron chi connectivity index (χ3n) is 3.98. The Labute approximate surface area is 144 Å². The highest BCUT2D eigenvalue weighted by molar-refractivity contribution is 7.89. The number of nitrogens with one attached hydrogen (secondary N) is 2. The van der Waals surface area contributed by atoms with Gasteiger partial charge in [0.1, 0.15) is 6.10 Å². The van der Waals surface area contributed by atoms with Crippen LogP contribution in [0.2, 0.25) is 0 Å². The maximum atomic E-state index is 12.2. The Kier molecular flexibility index (Phi) is 7.20. The van der Waals surface area contributed by atoms with Gasteiger partial charge in [0.15, 0.2) is 0 Å². The fraction of sp³-hybridized carbons (Fsp3) is 0.588. The van der Waals surface area contributed by atoms with Crippen molar-refractivity contribution in [3.8, 4) is 0 Å². The van der Waals surface area contributed by atoms with Gasteiger partial charge < -0.3 is 10.1 Å². The van der Waals surface area contributed by atoms with E-state index < -0.39 is 16.1 Å². The molecule has 0 saturated carbocycles. The summed E-state index contributed by atoms with van der Waals surface area (Å²) in [5.41, 5.74) is 0.567. The molecule has 6 nitrogen and oxygen atoms in total. The van der Waals surface area contributed by atoms with E-state index >= 15 is 0 Å². The lowest BCUT2D eigenvalue weighted by Gasteiger charge is -2.11. The molecule has 1 aromatic rings. The highest BCUT2D eigenvalue weighted by atomic mass is 32.2. The second-order valence-corrected chi connectivity index (χ2v) is 7.74. The number of benzene rings is 1. The van der Waals surface area contributed by atoms with Gasteiger partial charge in [0.05, 0.1) is 4.90 Å². The van der Waals surface area contributed by atoms with Crippen LogP contribution in [0.25, 0.3) is 0 Å². The summed E-state index contributed by atoms with van der Waals surface area (Å²) >= 11 is 0. The van der Waals surface area contributed by atoms with Crippen LogP contribution in [-0.4, -0.2) is 33.6 Å². The van der Waals surface area contributed by atoms with Crippen molar-refractivity contribution >= 4 is 21.6 Å². The molecule has 0 aliphatic carbocycles. The number of ether oxygens (including phenoxy) is 1. The predicted octanol–water partition coefficient (Wildman–Crippen LogP) is 2.66. The van der Waals surface area contributed by atoms with Crippen LogP contribution in [0.3, 0.4) is 0 Å². The molecule has 0 aromatic heterocycles. The van der Waals surface area contributed by atoms with Crippen LogP contribution in [0.5, 0.6) is 0 Å². The van der Waals surface area contributed by atoms with Gasteiger partial charge in [-0.1, -0.05) is 26.2 Å². The van der Waals surface area contributed by atoms with E-state index in [1.165, 1.54) is 12.1 Å². The number of carbonyl (C=O) groups excluding carboxylic acids is 1. The van der Waals surface area contributed by atoms with Crippen LogP contribution in [0, 0.1) is 0 Å². The summed E-state index contributed by atoms with van der Waals surface area (Å²) in [6.07, 6.45) is 5.29. The smallest absolute Gasteiger partial charge is 0.253 e. The minimum atomic E-state index is -3.50. The maximum absolute atomic E-state index is 12.2. The molecule has 2 N–H and O–H groups in total. The SMILES string of the molecule is CCCCCCNS(=O)(=O)c1ccc(NC(=O)[C@H]2CCCO2)cc1. The fourth-order valence-electron chi connectivity index (χ4n) is 2.57. The molecule has 1 aliphatic heterocycles. The monoisotopic (exact) mass is 354 g/mol. The average molecular weight is 354 g/mol. The summed E-state index contributed by atoms with van der Waals surface area (Å²) in [6.45, 7) is 3.17. The second-order valence-electron chi connectivity index (χ2n) is 5.97. The fourth-order valence-corrected chi connectivity index (χ4v) is 3.64. The van der Waals surface area contributed by atoms with Crippen molar-refractivity contribution in [2.24, 2.45) is 0 Å². The van der Waals surface area contributed by atoms with Gasteiger partial charge in [-0.05, 0) is 43.5 Å². The zero-order valence-electron chi connectivity index (χ0n) is 14.1. The van der Waals surface area contributed by atoms with Gasteiger partial charge in [-0.2, -0.15) is 0 Å². The van der Waals surface area contributed by atoms with Crippen LogP contribution in [0.4, 0.5) is 5.69 Å². The van der Waals surface area contributed by atoms with Crippen molar-refractivity contribution in [3.05, 3.63) is 24.3 Å². The van der Waals surface area contributed by atoms with Gasteiger partial charge in [-0.3, -0.25) is 4.79 Å². The van der Waals surface area contributed by atoms with E-state index in [2.05, 4.69) is 17.0 Å². The van der Waals surface area contributed by atoms with Crippen LogP contribution < -0.4 is 10.0 Å². The number of unbranched alkanes of at least 4 members (excludes halogenated alkanes) is 3. The molecule has 1 fully saturated rings. The Bertz CT molecular complexity index is 622. The molecule has 7 heteroatoms. The topological polar surface area (TPSA) is 84.5 Å². The van der Waals surface area contributed by atoms with Crippen LogP contribution in [0.1, 0.15) is 45.4 Å². The lowest BCUT2D eigenvalue weighted by Crippen LogP contribution is -2.27. The first-order chi connectivity index (χ1) is 11.5. The maximum Gasteiger partial charge on any atom is 0.253 e. The van der Waals surface area contributed by atoms with E-state index in [0.717, 1.165) is 38.5 Å². The minimum absolute atomic E-state index is 0.183. The van der Waals surface area contributed by atoms with Gasteiger partial charge >= 0.3 is 0 Å². The van der Waals surface area contributed by atoms with Gasteiger partial charge in [-0.25, -0.2) is 13.1 Å². The van der Waals surface area contributed by atoms with E-state index in [4.69, 9.17) is 4.74 Å². The van der Waals surface area contributed by atoms with E-state index in [1.807, 2.05) is 0 Å². The molecular weight excluding hydrogens is 328 g/mol. The van der Waals surface area contributed by atoms with Crippen molar-refractivity contribution < 1.29 is 17.9 Å². The number of sulfonamides is 1. The van der Waals surface area contributed by atoms with Crippen molar-refractivity contribution in [2.45, 2.75) is 56.4 Å². The lowest BCUT2D eigenvalue weighted by molar-refractivity contribution is -0.124. The van der Waals surface area contributed by atoms with Crippen LogP contribution in [-0.2, 0) is 19.6 Å². The van der Waals surface area contributed by atoms with Crippen LogP contribution in [0.15, 0.2) is 29.2 Å². The van der Waals surface area contributed by atoms with Gasteiger partial charge in [0.2, 0.25) is 10.0 Å². The minimum Gasteiger partial charge on any atom is -0.368 e. The van der Waals surface area contributed by atoms with Crippen molar-refractivity contribution in [2.75, 3.05) is 18.5 Å². The first kappa shape index (κ1) is 18.9. The number of hydrogen-bond acceptors (Lipinski definition) is 4. The molecule has 24 heavy (non-hydrogen) atoms. The second kappa shape index (κ2) is 9.15. The van der Waals surface area contributed by atoms with Crippen molar-refractivity contribution in [3.63, 3.8) is 0 Å². The molecule has 2 rings (SSSR count). The molecule has 0 bridgehead atoms. The number of carbonyl (C=O) groups is 1. The standard InChI is InChI=1S/C17H26N2O4S/c1-2-3-4-5-12-18-24(21,22)15-10-8-14(9-11-15)19-17(20)16-7-6-13-23-16/h8-11,16,18H,2-7,12-13H2,1H3,(H,19,20)/t16-/m1/s1. The molecule has 134 valence electrons.